The first-order valence-electron chi connectivity index (χ1n) is 8.32. The predicted molar refractivity (Wildman–Crippen MR) is 93.7 cm³/mol. The lowest BCUT2D eigenvalue weighted by Gasteiger charge is -2.23. The Bertz CT molecular complexity index is 749. The van der Waals surface area contributed by atoms with E-state index in [1.165, 1.54) is 0 Å². The summed E-state index contributed by atoms with van der Waals surface area (Å²) >= 11 is 0. The van der Waals surface area contributed by atoms with Gasteiger partial charge >= 0.3 is 0 Å². The molecule has 0 atom stereocenters. The van der Waals surface area contributed by atoms with E-state index in [1.807, 2.05) is 12.1 Å². The molecule has 0 aliphatic carbocycles. The van der Waals surface area contributed by atoms with Crippen LogP contribution in [0.4, 0.5) is 0 Å². The number of pyridine rings is 1. The van der Waals surface area contributed by atoms with Gasteiger partial charge in [-0.1, -0.05) is 12.1 Å². The summed E-state index contributed by atoms with van der Waals surface area (Å²) in [6.45, 7) is 2.26. The van der Waals surface area contributed by atoms with Crippen molar-refractivity contribution >= 4 is 11.8 Å². The van der Waals surface area contributed by atoms with Gasteiger partial charge in [0.05, 0.1) is 18.2 Å². The van der Waals surface area contributed by atoms with Crippen molar-refractivity contribution < 1.29 is 14.3 Å². The third kappa shape index (κ3) is 3.79. The van der Waals surface area contributed by atoms with E-state index in [9.17, 15) is 9.59 Å². The second-order valence-corrected chi connectivity index (χ2v) is 5.88. The van der Waals surface area contributed by atoms with Gasteiger partial charge in [-0.3, -0.25) is 14.6 Å². The van der Waals surface area contributed by atoms with Crippen molar-refractivity contribution in [3.8, 4) is 5.75 Å². The minimum Gasteiger partial charge on any atom is -0.496 e. The van der Waals surface area contributed by atoms with Gasteiger partial charge in [-0.05, 0) is 30.7 Å². The quantitative estimate of drug-likeness (QED) is 0.859. The molecule has 2 heterocycles. The maximum atomic E-state index is 12.8. The fourth-order valence-electron chi connectivity index (χ4n) is 2.99. The summed E-state index contributed by atoms with van der Waals surface area (Å²) in [7, 11) is 1.56. The normalized spacial score (nSPS) is 14.8. The van der Waals surface area contributed by atoms with Gasteiger partial charge in [-0.15, -0.1) is 0 Å². The Balaban J connectivity index is 1.69. The van der Waals surface area contributed by atoms with Crippen LogP contribution in [0.3, 0.4) is 0 Å². The summed E-state index contributed by atoms with van der Waals surface area (Å²) < 4.78 is 5.29. The van der Waals surface area contributed by atoms with Crippen LogP contribution < -0.4 is 4.74 Å². The van der Waals surface area contributed by atoms with E-state index in [-0.39, 0.29) is 11.8 Å². The first-order chi connectivity index (χ1) is 12.2. The summed E-state index contributed by atoms with van der Waals surface area (Å²) in [6.07, 6.45) is 3.96. The molecule has 130 valence electrons. The second-order valence-electron chi connectivity index (χ2n) is 5.88. The molecule has 1 aromatic heterocycles. The molecular weight excluding hydrogens is 318 g/mol. The van der Waals surface area contributed by atoms with E-state index in [1.54, 1.807) is 53.6 Å². The van der Waals surface area contributed by atoms with Crippen LogP contribution in [0.25, 0.3) is 0 Å². The number of carbonyl (C=O) groups is 2. The topological polar surface area (TPSA) is 62.7 Å². The molecule has 3 rings (SSSR count). The first-order valence-corrected chi connectivity index (χ1v) is 8.32. The monoisotopic (exact) mass is 339 g/mol. The van der Waals surface area contributed by atoms with E-state index < -0.39 is 0 Å². The van der Waals surface area contributed by atoms with Crippen LogP contribution in [0.1, 0.15) is 27.1 Å². The zero-order valence-electron chi connectivity index (χ0n) is 14.2. The molecule has 6 nitrogen and oxygen atoms in total. The molecule has 0 N–H and O–H groups in total. The number of benzene rings is 1. The van der Waals surface area contributed by atoms with Gasteiger partial charge in [-0.25, -0.2) is 0 Å². The summed E-state index contributed by atoms with van der Waals surface area (Å²) in [5.74, 6) is 0.466. The Morgan fingerprint density at radius 2 is 1.68 bits per heavy atom. The summed E-state index contributed by atoms with van der Waals surface area (Å²) in [6, 6.07) is 10.7. The van der Waals surface area contributed by atoms with Crippen LogP contribution in [0, 0.1) is 0 Å². The Morgan fingerprint density at radius 1 is 0.960 bits per heavy atom. The highest BCUT2D eigenvalue weighted by atomic mass is 16.5. The van der Waals surface area contributed by atoms with Gasteiger partial charge in [0.1, 0.15) is 5.75 Å². The van der Waals surface area contributed by atoms with Crippen molar-refractivity contribution in [2.45, 2.75) is 6.42 Å². The van der Waals surface area contributed by atoms with Gasteiger partial charge in [0.2, 0.25) is 0 Å². The van der Waals surface area contributed by atoms with Crippen LogP contribution in [0.2, 0.25) is 0 Å². The van der Waals surface area contributed by atoms with E-state index in [0.29, 0.717) is 43.1 Å². The van der Waals surface area contributed by atoms with E-state index in [0.717, 1.165) is 6.42 Å². The van der Waals surface area contributed by atoms with E-state index in [2.05, 4.69) is 4.98 Å². The van der Waals surface area contributed by atoms with Crippen molar-refractivity contribution in [2.75, 3.05) is 33.3 Å². The number of methoxy groups -OCH3 is 1. The minimum absolute atomic E-state index is 0.0420. The molecule has 1 saturated heterocycles. The van der Waals surface area contributed by atoms with Gasteiger partial charge in [0.25, 0.3) is 11.8 Å². The molecule has 0 bridgehead atoms. The van der Waals surface area contributed by atoms with Crippen molar-refractivity contribution in [1.82, 2.24) is 14.8 Å². The smallest absolute Gasteiger partial charge is 0.257 e. The van der Waals surface area contributed by atoms with E-state index in [4.69, 9.17) is 4.74 Å². The largest absolute Gasteiger partial charge is 0.496 e. The maximum absolute atomic E-state index is 12.8. The van der Waals surface area contributed by atoms with Gasteiger partial charge in [0, 0.05) is 38.6 Å². The van der Waals surface area contributed by atoms with Crippen molar-refractivity contribution in [2.24, 2.45) is 0 Å². The number of hydrogen-bond donors (Lipinski definition) is 0. The number of amides is 2. The summed E-state index contributed by atoms with van der Waals surface area (Å²) in [4.78, 5) is 32.9. The van der Waals surface area contributed by atoms with Gasteiger partial charge in [0.15, 0.2) is 0 Å². The molecule has 0 saturated carbocycles. The minimum atomic E-state index is -0.0619. The first kappa shape index (κ1) is 17.0. The van der Waals surface area contributed by atoms with Crippen LogP contribution in [-0.2, 0) is 0 Å². The highest BCUT2D eigenvalue weighted by Gasteiger charge is 2.24. The van der Waals surface area contributed by atoms with Gasteiger partial charge in [-0.2, -0.15) is 0 Å². The van der Waals surface area contributed by atoms with Crippen molar-refractivity contribution in [1.29, 1.82) is 0 Å². The number of aromatic nitrogens is 1. The number of hydrogen-bond acceptors (Lipinski definition) is 4. The van der Waals surface area contributed by atoms with Crippen LogP contribution in [0.15, 0.2) is 48.8 Å². The average molecular weight is 339 g/mol. The molecular formula is C19H21N3O3. The highest BCUT2D eigenvalue weighted by Crippen LogP contribution is 2.20. The molecule has 0 radical (unpaired) electrons. The van der Waals surface area contributed by atoms with E-state index >= 15 is 0 Å². The Labute approximate surface area is 147 Å². The average Bonchev–Trinajstić information content (AvgIpc) is 2.93. The van der Waals surface area contributed by atoms with Crippen LogP contribution >= 0.6 is 0 Å². The number of para-hydroxylation sites is 1. The zero-order valence-corrected chi connectivity index (χ0v) is 14.2. The Morgan fingerprint density at radius 3 is 2.36 bits per heavy atom. The van der Waals surface area contributed by atoms with Crippen molar-refractivity contribution in [3.05, 3.63) is 59.9 Å². The lowest BCUT2D eigenvalue weighted by atomic mass is 10.1. The summed E-state index contributed by atoms with van der Waals surface area (Å²) in [5.41, 5.74) is 1.13. The zero-order chi connectivity index (χ0) is 17.6. The molecule has 0 unspecified atom stereocenters. The number of carbonyl (C=O) groups excluding carboxylic acids is 2. The number of nitrogens with zero attached hydrogens (tertiary/aromatic N) is 3. The fourth-order valence-corrected chi connectivity index (χ4v) is 2.99. The molecule has 25 heavy (non-hydrogen) atoms. The Kier molecular flexibility index (Phi) is 5.28. The second kappa shape index (κ2) is 7.79. The van der Waals surface area contributed by atoms with Gasteiger partial charge < -0.3 is 14.5 Å². The van der Waals surface area contributed by atoms with Crippen molar-refractivity contribution in [3.63, 3.8) is 0 Å². The third-order valence-electron chi connectivity index (χ3n) is 4.32. The summed E-state index contributed by atoms with van der Waals surface area (Å²) in [5, 5.41) is 0. The molecule has 2 amide bonds. The lowest BCUT2D eigenvalue weighted by molar-refractivity contribution is 0.0716. The van der Waals surface area contributed by atoms with Crippen LogP contribution in [-0.4, -0.2) is 59.9 Å². The molecule has 2 aromatic rings. The lowest BCUT2D eigenvalue weighted by Crippen LogP contribution is -2.37. The fraction of sp³-hybridized carbons (Fsp3) is 0.316. The molecule has 1 aliphatic rings. The third-order valence-corrected chi connectivity index (χ3v) is 4.32. The molecule has 1 aliphatic heterocycles. The molecule has 1 fully saturated rings. The standard InChI is InChI=1S/C19H21N3O3/c1-25-17-8-3-2-7-16(17)19(24)22-11-5-10-21(12-13-22)18(23)15-6-4-9-20-14-15/h2-4,6-9,14H,5,10-13H2,1H3. The predicted octanol–water partition coefficient (Wildman–Crippen LogP) is 2.08. The Hall–Kier alpha value is -2.89. The highest BCUT2D eigenvalue weighted by molar-refractivity contribution is 5.97. The SMILES string of the molecule is COc1ccccc1C(=O)N1CCCN(C(=O)c2cccnc2)CC1. The molecule has 6 heteroatoms. The number of ether oxygens (including phenoxy) is 1. The van der Waals surface area contributed by atoms with Crippen LogP contribution in [0.5, 0.6) is 5.75 Å². The maximum Gasteiger partial charge on any atom is 0.257 e. The molecule has 1 aromatic carbocycles. The molecule has 0 spiro atoms. The number of rotatable bonds is 3.